The number of benzene rings is 7. The minimum atomic E-state index is -0.129. The van der Waals surface area contributed by atoms with Crippen molar-refractivity contribution in [3.63, 3.8) is 0 Å². The van der Waals surface area contributed by atoms with Gasteiger partial charge in [0.15, 0.2) is 0 Å². The molecule has 0 saturated heterocycles. The highest BCUT2D eigenvalue weighted by Gasteiger charge is 2.46. The monoisotopic (exact) mass is 764 g/mol. The van der Waals surface area contributed by atoms with Crippen LogP contribution in [0.3, 0.4) is 0 Å². The van der Waals surface area contributed by atoms with Crippen molar-refractivity contribution < 1.29 is 0 Å². The summed E-state index contributed by atoms with van der Waals surface area (Å²) in [4.78, 5) is 5.16. The zero-order valence-electron chi connectivity index (χ0n) is 36.3. The minimum absolute atomic E-state index is 0.00671. The van der Waals surface area contributed by atoms with Crippen LogP contribution in [0.5, 0.6) is 0 Å². The molecule has 2 heterocycles. The molecule has 0 saturated carbocycles. The summed E-state index contributed by atoms with van der Waals surface area (Å²) in [6.07, 6.45) is 0. The third kappa shape index (κ3) is 5.00. The number of hydrogen-bond acceptors (Lipinski definition) is 2. The molecular weight excluding hydrogens is 711 g/mol. The lowest BCUT2D eigenvalue weighted by molar-refractivity contribution is 0.590. The average Bonchev–Trinajstić information content (AvgIpc) is 3.58. The van der Waals surface area contributed by atoms with Crippen molar-refractivity contribution in [2.45, 2.75) is 90.9 Å². The Morgan fingerprint density at radius 2 is 0.898 bits per heavy atom. The molecule has 2 nitrogen and oxygen atoms in total. The van der Waals surface area contributed by atoms with E-state index in [0.717, 1.165) is 0 Å². The molecule has 0 amide bonds. The highest BCUT2D eigenvalue weighted by Crippen LogP contribution is 2.54. The second-order valence-electron chi connectivity index (χ2n) is 20.7. The third-order valence-electron chi connectivity index (χ3n) is 14.4. The van der Waals surface area contributed by atoms with Gasteiger partial charge in [-0.1, -0.05) is 160 Å². The summed E-state index contributed by atoms with van der Waals surface area (Å²) in [5.74, 6) is 0. The highest BCUT2D eigenvalue weighted by molar-refractivity contribution is 7.00. The summed E-state index contributed by atoms with van der Waals surface area (Å²) < 4.78 is 0. The van der Waals surface area contributed by atoms with Gasteiger partial charge in [-0.15, -0.1) is 0 Å². The molecule has 11 rings (SSSR count). The van der Waals surface area contributed by atoms with Gasteiger partial charge in [-0.3, -0.25) is 0 Å². The van der Waals surface area contributed by atoms with E-state index in [4.69, 9.17) is 0 Å². The Labute approximate surface area is 351 Å². The fourth-order valence-corrected chi connectivity index (χ4v) is 11.1. The quantitative estimate of drug-likeness (QED) is 0.162. The van der Waals surface area contributed by atoms with Gasteiger partial charge in [-0.2, -0.15) is 0 Å². The first-order chi connectivity index (χ1) is 28.0. The normalized spacial score (nSPS) is 16.1. The van der Waals surface area contributed by atoms with Gasteiger partial charge in [-0.25, -0.2) is 0 Å². The lowest BCUT2D eigenvalue weighted by Crippen LogP contribution is -2.61. The Morgan fingerprint density at radius 1 is 0.390 bits per heavy atom. The molecule has 0 unspecified atom stereocenters. The van der Waals surface area contributed by atoms with Crippen LogP contribution in [0.15, 0.2) is 140 Å². The maximum Gasteiger partial charge on any atom is 0.252 e. The summed E-state index contributed by atoms with van der Waals surface area (Å²) >= 11 is 0. The lowest BCUT2D eigenvalue weighted by atomic mass is 9.33. The first-order valence-corrected chi connectivity index (χ1v) is 21.6. The lowest BCUT2D eigenvalue weighted by Gasteiger charge is -2.45. The number of hydrogen-bond donors (Lipinski definition) is 0. The van der Waals surface area contributed by atoms with Gasteiger partial charge in [0, 0.05) is 45.0 Å². The van der Waals surface area contributed by atoms with Crippen LogP contribution in [0.4, 0.5) is 34.1 Å². The molecule has 2 aliphatic heterocycles. The zero-order valence-corrected chi connectivity index (χ0v) is 36.3. The van der Waals surface area contributed by atoms with Crippen molar-refractivity contribution in [2.75, 3.05) is 9.80 Å². The van der Waals surface area contributed by atoms with Gasteiger partial charge in [0.05, 0.1) is 0 Å². The SMILES string of the molecule is CC(C)(C)c1ccc(N2c3ccc(C(C)(C)C)cc3B3c4cc5c(cc4N(c4ccc6c(c4)C(C)(C)c4ccccc4-6)c4cccc2c43)C(C)(C)c2ccccc2-5)cc1. The van der Waals surface area contributed by atoms with Crippen LogP contribution in [0.2, 0.25) is 0 Å². The van der Waals surface area contributed by atoms with E-state index < -0.39 is 0 Å². The molecule has 0 N–H and O–H groups in total. The van der Waals surface area contributed by atoms with Gasteiger partial charge in [0.1, 0.15) is 0 Å². The van der Waals surface area contributed by atoms with Crippen LogP contribution in [-0.4, -0.2) is 6.71 Å². The fraction of sp³-hybridized carbons (Fsp3) is 0.250. The smallest absolute Gasteiger partial charge is 0.252 e. The van der Waals surface area contributed by atoms with Crippen LogP contribution in [0, 0.1) is 0 Å². The van der Waals surface area contributed by atoms with Crippen molar-refractivity contribution in [2.24, 2.45) is 0 Å². The van der Waals surface area contributed by atoms with E-state index in [1.54, 1.807) is 0 Å². The Bertz CT molecular complexity index is 2920. The average molecular weight is 765 g/mol. The van der Waals surface area contributed by atoms with Gasteiger partial charge < -0.3 is 9.80 Å². The third-order valence-corrected chi connectivity index (χ3v) is 14.4. The Hall–Kier alpha value is -5.80. The molecule has 0 atom stereocenters. The number of nitrogens with zero attached hydrogens (tertiary/aromatic N) is 2. The van der Waals surface area contributed by atoms with Gasteiger partial charge in [-0.05, 0) is 131 Å². The van der Waals surface area contributed by atoms with E-state index in [9.17, 15) is 0 Å². The van der Waals surface area contributed by atoms with Gasteiger partial charge in [0.25, 0.3) is 6.71 Å². The van der Waals surface area contributed by atoms with Crippen LogP contribution >= 0.6 is 0 Å². The maximum atomic E-state index is 2.61. The summed E-state index contributed by atoms with van der Waals surface area (Å²) in [5, 5.41) is 0. The second kappa shape index (κ2) is 11.9. The molecule has 0 fully saturated rings. The summed E-state index contributed by atoms with van der Waals surface area (Å²) in [6, 6.07) is 54.2. The van der Waals surface area contributed by atoms with Crippen LogP contribution in [0.1, 0.15) is 103 Å². The first-order valence-electron chi connectivity index (χ1n) is 21.6. The molecule has 3 heteroatoms. The summed E-state index contributed by atoms with van der Waals surface area (Å²) in [5.41, 5.74) is 25.1. The number of anilines is 6. The van der Waals surface area contributed by atoms with Crippen molar-refractivity contribution in [3.05, 3.63) is 173 Å². The van der Waals surface area contributed by atoms with Crippen molar-refractivity contribution in [1.29, 1.82) is 0 Å². The van der Waals surface area contributed by atoms with Crippen molar-refractivity contribution >= 4 is 57.2 Å². The Morgan fingerprint density at radius 3 is 1.53 bits per heavy atom. The molecule has 0 spiro atoms. The predicted molar refractivity (Wildman–Crippen MR) is 253 cm³/mol. The Balaban J connectivity index is 1.22. The highest BCUT2D eigenvalue weighted by atomic mass is 15.2. The predicted octanol–water partition coefficient (Wildman–Crippen LogP) is 13.0. The van der Waals surface area contributed by atoms with E-state index in [1.807, 2.05) is 0 Å². The fourth-order valence-electron chi connectivity index (χ4n) is 11.1. The molecule has 2 aliphatic carbocycles. The van der Waals surface area contributed by atoms with Gasteiger partial charge in [0.2, 0.25) is 0 Å². The molecule has 59 heavy (non-hydrogen) atoms. The molecule has 290 valence electrons. The van der Waals surface area contributed by atoms with Crippen molar-refractivity contribution in [3.8, 4) is 22.3 Å². The van der Waals surface area contributed by atoms with E-state index in [2.05, 4.69) is 219 Å². The standard InChI is InChI=1S/C56H53BN2/c1-53(2,3)34-22-25-36(26-23-34)58-48-29-24-35(54(4,5)6)30-46(48)57-47-32-41-39-17-12-14-19-43(39)56(9,10)45(41)33-51(47)59(50-21-15-20-49(58)52(50)57)37-27-28-40-38-16-11-13-18-42(38)55(7,8)44(40)31-37/h11-33H,1-10H3. The van der Waals surface area contributed by atoms with E-state index in [1.165, 1.54) is 106 Å². The largest absolute Gasteiger partial charge is 0.311 e. The van der Waals surface area contributed by atoms with E-state index >= 15 is 0 Å². The number of fused-ring (bicyclic) bond motifs is 10. The molecule has 7 aromatic rings. The Kier molecular flexibility index (Phi) is 7.33. The summed E-state index contributed by atoms with van der Waals surface area (Å²) in [6.45, 7) is 23.6. The van der Waals surface area contributed by atoms with Crippen molar-refractivity contribution in [1.82, 2.24) is 0 Å². The van der Waals surface area contributed by atoms with Crippen LogP contribution in [-0.2, 0) is 21.7 Å². The molecular formula is C56H53BN2. The van der Waals surface area contributed by atoms with Gasteiger partial charge >= 0.3 is 0 Å². The van der Waals surface area contributed by atoms with E-state index in [0.29, 0.717) is 0 Å². The molecule has 0 aromatic heterocycles. The molecule has 4 aliphatic rings. The number of rotatable bonds is 2. The van der Waals surface area contributed by atoms with Crippen LogP contribution < -0.4 is 26.2 Å². The minimum Gasteiger partial charge on any atom is -0.311 e. The van der Waals surface area contributed by atoms with E-state index in [-0.39, 0.29) is 28.4 Å². The first kappa shape index (κ1) is 36.3. The second-order valence-corrected chi connectivity index (χ2v) is 20.7. The summed E-state index contributed by atoms with van der Waals surface area (Å²) in [7, 11) is 0. The topological polar surface area (TPSA) is 6.48 Å². The molecule has 7 aromatic carbocycles. The zero-order chi connectivity index (χ0) is 41.0. The molecule has 0 bridgehead atoms. The maximum absolute atomic E-state index is 2.61. The molecule has 0 radical (unpaired) electrons. The van der Waals surface area contributed by atoms with Crippen LogP contribution in [0.25, 0.3) is 22.3 Å².